The Balaban J connectivity index is 1.97. The SMILES string of the molecule is C=C[C@]1(C)CC[C@H](C(C)C2C=CC(C)(C)OO2)O1. The first kappa shape index (κ1) is 13.8. The van der Waals surface area contributed by atoms with Crippen molar-refractivity contribution in [3.05, 3.63) is 24.8 Å². The molecule has 2 aliphatic rings. The Hall–Kier alpha value is -0.640. The summed E-state index contributed by atoms with van der Waals surface area (Å²) in [6, 6.07) is 0. The summed E-state index contributed by atoms with van der Waals surface area (Å²) in [6.45, 7) is 12.0. The lowest BCUT2D eigenvalue weighted by atomic mass is 9.93. The molecule has 18 heavy (non-hydrogen) atoms. The Kier molecular flexibility index (Phi) is 3.67. The van der Waals surface area contributed by atoms with E-state index in [1.54, 1.807) is 0 Å². The van der Waals surface area contributed by atoms with Crippen LogP contribution in [0.1, 0.15) is 40.5 Å². The quantitative estimate of drug-likeness (QED) is 0.569. The lowest BCUT2D eigenvalue weighted by Crippen LogP contribution is -2.38. The van der Waals surface area contributed by atoms with E-state index < -0.39 is 0 Å². The van der Waals surface area contributed by atoms with Crippen LogP contribution in [0.3, 0.4) is 0 Å². The van der Waals surface area contributed by atoms with Crippen molar-refractivity contribution in [1.82, 2.24) is 0 Å². The van der Waals surface area contributed by atoms with Crippen LogP contribution in [0, 0.1) is 5.92 Å². The van der Waals surface area contributed by atoms with E-state index in [1.807, 2.05) is 19.9 Å². The van der Waals surface area contributed by atoms with E-state index in [9.17, 15) is 0 Å². The number of rotatable bonds is 3. The first-order valence-electron chi connectivity index (χ1n) is 6.70. The second kappa shape index (κ2) is 4.80. The molecule has 2 unspecified atom stereocenters. The van der Waals surface area contributed by atoms with Crippen molar-refractivity contribution < 1.29 is 14.5 Å². The molecule has 0 N–H and O–H groups in total. The Labute approximate surface area is 110 Å². The molecule has 0 amide bonds. The predicted octanol–water partition coefficient (Wildman–Crippen LogP) is 3.41. The van der Waals surface area contributed by atoms with Gasteiger partial charge in [0.15, 0.2) is 0 Å². The first-order valence-corrected chi connectivity index (χ1v) is 6.70. The van der Waals surface area contributed by atoms with E-state index in [0.717, 1.165) is 12.8 Å². The van der Waals surface area contributed by atoms with Gasteiger partial charge >= 0.3 is 0 Å². The summed E-state index contributed by atoms with van der Waals surface area (Å²) in [5.41, 5.74) is -0.514. The fourth-order valence-electron chi connectivity index (χ4n) is 2.45. The molecule has 0 spiro atoms. The van der Waals surface area contributed by atoms with Crippen molar-refractivity contribution in [3.8, 4) is 0 Å². The van der Waals surface area contributed by atoms with Gasteiger partial charge in [-0.25, -0.2) is 9.78 Å². The highest BCUT2D eigenvalue weighted by atomic mass is 17.2. The molecule has 3 heteroatoms. The molecule has 1 fully saturated rings. The highest BCUT2D eigenvalue weighted by Gasteiger charge is 2.40. The third-order valence-electron chi connectivity index (χ3n) is 3.94. The first-order chi connectivity index (χ1) is 8.35. The smallest absolute Gasteiger partial charge is 0.116 e. The molecule has 2 heterocycles. The van der Waals surface area contributed by atoms with E-state index in [-0.39, 0.29) is 29.3 Å². The minimum absolute atomic E-state index is 0.0322. The van der Waals surface area contributed by atoms with Crippen molar-refractivity contribution in [1.29, 1.82) is 0 Å². The molecular weight excluding hydrogens is 228 g/mol. The molecule has 4 atom stereocenters. The van der Waals surface area contributed by atoms with E-state index >= 15 is 0 Å². The van der Waals surface area contributed by atoms with Crippen molar-refractivity contribution in [3.63, 3.8) is 0 Å². The van der Waals surface area contributed by atoms with Crippen LogP contribution in [-0.2, 0) is 14.5 Å². The highest BCUT2D eigenvalue weighted by molar-refractivity contribution is 5.06. The molecule has 0 aliphatic carbocycles. The van der Waals surface area contributed by atoms with E-state index in [1.165, 1.54) is 0 Å². The maximum Gasteiger partial charge on any atom is 0.116 e. The fraction of sp³-hybridized carbons (Fsp3) is 0.733. The fourth-order valence-corrected chi connectivity index (χ4v) is 2.45. The minimum atomic E-state index is -0.331. The van der Waals surface area contributed by atoms with Gasteiger partial charge in [-0.2, -0.15) is 0 Å². The standard InChI is InChI=1S/C15H24O3/c1-6-15(5)10-8-12(16-15)11(2)13-7-9-14(3,4)18-17-13/h6-7,9,11-13H,1,8,10H2,2-5H3/t11?,12-,13?,15-/m1/s1. The van der Waals surface area contributed by atoms with Crippen LogP contribution < -0.4 is 0 Å². The minimum Gasteiger partial charge on any atom is -0.368 e. The summed E-state index contributed by atoms with van der Waals surface area (Å²) in [7, 11) is 0. The molecule has 2 aliphatic heterocycles. The van der Waals surface area contributed by atoms with Gasteiger partial charge in [0.2, 0.25) is 0 Å². The molecule has 0 radical (unpaired) electrons. The molecule has 0 aromatic heterocycles. The number of ether oxygens (including phenoxy) is 1. The van der Waals surface area contributed by atoms with Crippen LogP contribution in [0.2, 0.25) is 0 Å². The Morgan fingerprint density at radius 2 is 2.11 bits per heavy atom. The Bertz CT molecular complexity index is 348. The molecule has 102 valence electrons. The van der Waals surface area contributed by atoms with Crippen LogP contribution in [0.5, 0.6) is 0 Å². The lowest BCUT2D eigenvalue weighted by molar-refractivity contribution is -0.373. The molecule has 0 aromatic rings. The summed E-state index contributed by atoms with van der Waals surface area (Å²) in [4.78, 5) is 10.9. The normalized spacial score (nSPS) is 40.7. The van der Waals surface area contributed by atoms with Gasteiger partial charge in [0.1, 0.15) is 11.7 Å². The van der Waals surface area contributed by atoms with Crippen molar-refractivity contribution >= 4 is 0 Å². The van der Waals surface area contributed by atoms with Crippen LogP contribution in [0.4, 0.5) is 0 Å². The molecule has 0 saturated carbocycles. The Morgan fingerprint density at radius 1 is 1.39 bits per heavy atom. The molecule has 0 aromatic carbocycles. The summed E-state index contributed by atoms with van der Waals surface area (Å²) < 4.78 is 6.08. The largest absolute Gasteiger partial charge is 0.368 e. The van der Waals surface area contributed by atoms with Crippen molar-refractivity contribution in [2.45, 2.75) is 63.9 Å². The number of hydrogen-bond donors (Lipinski definition) is 0. The monoisotopic (exact) mass is 252 g/mol. The van der Waals surface area contributed by atoms with Crippen LogP contribution in [-0.4, -0.2) is 23.4 Å². The van der Waals surface area contributed by atoms with Crippen molar-refractivity contribution in [2.24, 2.45) is 5.92 Å². The second-order valence-corrected chi connectivity index (χ2v) is 6.18. The third-order valence-corrected chi connectivity index (χ3v) is 3.94. The average molecular weight is 252 g/mol. The maximum absolute atomic E-state index is 6.08. The van der Waals surface area contributed by atoms with Gasteiger partial charge in [0.25, 0.3) is 0 Å². The summed E-state index contributed by atoms with van der Waals surface area (Å²) >= 11 is 0. The van der Waals surface area contributed by atoms with E-state index in [4.69, 9.17) is 14.5 Å². The van der Waals surface area contributed by atoms with Gasteiger partial charge in [-0.15, -0.1) is 6.58 Å². The van der Waals surface area contributed by atoms with Gasteiger partial charge in [-0.1, -0.05) is 25.2 Å². The summed E-state index contributed by atoms with van der Waals surface area (Å²) in [5, 5.41) is 0. The molecule has 2 rings (SSSR count). The molecule has 0 bridgehead atoms. The van der Waals surface area contributed by atoms with Gasteiger partial charge in [0.05, 0.1) is 11.7 Å². The average Bonchev–Trinajstić information content (AvgIpc) is 2.72. The lowest BCUT2D eigenvalue weighted by Gasteiger charge is -2.33. The zero-order valence-corrected chi connectivity index (χ0v) is 11.8. The van der Waals surface area contributed by atoms with Crippen LogP contribution in [0.15, 0.2) is 24.8 Å². The van der Waals surface area contributed by atoms with E-state index in [0.29, 0.717) is 0 Å². The van der Waals surface area contributed by atoms with Gasteiger partial charge in [0, 0.05) is 5.92 Å². The number of hydrogen-bond acceptors (Lipinski definition) is 3. The molecule has 1 saturated heterocycles. The second-order valence-electron chi connectivity index (χ2n) is 6.18. The third kappa shape index (κ3) is 2.85. The Morgan fingerprint density at radius 3 is 2.61 bits per heavy atom. The van der Waals surface area contributed by atoms with Crippen LogP contribution >= 0.6 is 0 Å². The summed E-state index contributed by atoms with van der Waals surface area (Å²) in [6.07, 6.45) is 8.27. The van der Waals surface area contributed by atoms with Gasteiger partial charge in [-0.05, 0) is 33.6 Å². The highest BCUT2D eigenvalue weighted by Crippen LogP contribution is 2.37. The zero-order valence-electron chi connectivity index (χ0n) is 11.8. The zero-order chi connectivity index (χ0) is 13.4. The van der Waals surface area contributed by atoms with Crippen LogP contribution in [0.25, 0.3) is 0 Å². The maximum atomic E-state index is 6.08. The van der Waals surface area contributed by atoms with Gasteiger partial charge < -0.3 is 4.74 Å². The predicted molar refractivity (Wildman–Crippen MR) is 71.1 cm³/mol. The van der Waals surface area contributed by atoms with Crippen molar-refractivity contribution in [2.75, 3.05) is 0 Å². The molecular formula is C15H24O3. The van der Waals surface area contributed by atoms with Gasteiger partial charge in [-0.3, -0.25) is 0 Å². The topological polar surface area (TPSA) is 27.7 Å². The molecule has 3 nitrogen and oxygen atoms in total. The summed E-state index contributed by atoms with van der Waals surface area (Å²) in [5.74, 6) is 0.277. The van der Waals surface area contributed by atoms with E-state index in [2.05, 4.69) is 32.6 Å².